The minimum Gasteiger partial charge on any atom is -0.450 e. The molecule has 14 heteroatoms. The molecule has 2 heterocycles. The summed E-state index contributed by atoms with van der Waals surface area (Å²) in [6, 6.07) is 8.63. The van der Waals surface area contributed by atoms with E-state index in [0.29, 0.717) is 40.6 Å². The number of halogens is 1. The molecule has 13 nitrogen and oxygen atoms in total. The van der Waals surface area contributed by atoms with Gasteiger partial charge in [0.15, 0.2) is 0 Å². The Bertz CT molecular complexity index is 1250. The summed E-state index contributed by atoms with van der Waals surface area (Å²) in [5, 5.41) is 29.0. The third kappa shape index (κ3) is 8.78. The second-order valence-electron chi connectivity index (χ2n) is 8.04. The highest BCUT2D eigenvalue weighted by molar-refractivity contribution is 6.30. The van der Waals surface area contributed by atoms with Crippen LogP contribution >= 0.6 is 11.6 Å². The highest BCUT2D eigenvalue weighted by Gasteiger charge is 2.18. The fourth-order valence-electron chi connectivity index (χ4n) is 3.22. The zero-order valence-corrected chi connectivity index (χ0v) is 21.1. The number of rotatable bonds is 8. The van der Waals surface area contributed by atoms with Gasteiger partial charge in [0.1, 0.15) is 5.82 Å². The molecule has 3 amide bonds. The van der Waals surface area contributed by atoms with Crippen LogP contribution in [0.2, 0.25) is 5.02 Å². The number of pyridine rings is 1. The molecule has 0 spiro atoms. The Morgan fingerprint density at radius 3 is 2.21 bits per heavy atom. The molecule has 4 rings (SSSR count). The minimum atomic E-state index is -1.83. The summed E-state index contributed by atoms with van der Waals surface area (Å²) in [5.41, 5.74) is 1.88. The maximum absolute atomic E-state index is 13.1. The second kappa shape index (κ2) is 13.6. The SMILES string of the molecule is CCNC(=O)Nc1cc(Nc2ccc(Cl)cc2)c(C(=O)Nc2cnc(NC3CCC3)nc2)cn1.O=C(O)O. The summed E-state index contributed by atoms with van der Waals surface area (Å²) in [5.74, 6) is 0.417. The highest BCUT2D eigenvalue weighted by Crippen LogP contribution is 2.26. The Morgan fingerprint density at radius 1 is 0.974 bits per heavy atom. The zero-order valence-electron chi connectivity index (χ0n) is 20.4. The Kier molecular flexibility index (Phi) is 10.00. The first kappa shape index (κ1) is 27.9. The number of urea groups is 1. The average Bonchev–Trinajstić information content (AvgIpc) is 2.84. The van der Waals surface area contributed by atoms with Crippen LogP contribution in [-0.2, 0) is 0 Å². The van der Waals surface area contributed by atoms with Crippen molar-refractivity contribution in [3.8, 4) is 0 Å². The molecule has 2 aromatic heterocycles. The van der Waals surface area contributed by atoms with E-state index in [1.54, 1.807) is 42.7 Å². The first-order valence-electron chi connectivity index (χ1n) is 11.6. The molecule has 7 N–H and O–H groups in total. The van der Waals surface area contributed by atoms with Crippen LogP contribution in [-0.4, -0.2) is 55.8 Å². The van der Waals surface area contributed by atoms with Gasteiger partial charge in [-0.15, -0.1) is 0 Å². The molecule has 1 aliphatic rings. The lowest BCUT2D eigenvalue weighted by Gasteiger charge is -2.26. The minimum absolute atomic E-state index is 0.271. The van der Waals surface area contributed by atoms with Crippen molar-refractivity contribution in [2.24, 2.45) is 0 Å². The maximum atomic E-state index is 13.1. The number of aromatic nitrogens is 3. The molecule has 200 valence electrons. The summed E-state index contributed by atoms with van der Waals surface area (Å²) >= 11 is 5.98. The van der Waals surface area contributed by atoms with Gasteiger partial charge in [0.2, 0.25) is 5.95 Å². The first-order chi connectivity index (χ1) is 18.2. The molecule has 1 aliphatic carbocycles. The van der Waals surface area contributed by atoms with Crippen molar-refractivity contribution in [1.29, 1.82) is 0 Å². The summed E-state index contributed by atoms with van der Waals surface area (Å²) in [4.78, 5) is 46.3. The number of nitrogens with zero attached hydrogens (tertiary/aromatic N) is 3. The number of carbonyl (C=O) groups excluding carboxylic acids is 2. The molecule has 0 aliphatic heterocycles. The van der Waals surface area contributed by atoms with Gasteiger partial charge in [-0.1, -0.05) is 11.6 Å². The van der Waals surface area contributed by atoms with Crippen LogP contribution in [0.15, 0.2) is 48.9 Å². The van der Waals surface area contributed by atoms with Crippen molar-refractivity contribution in [2.75, 3.05) is 27.8 Å². The summed E-state index contributed by atoms with van der Waals surface area (Å²) < 4.78 is 0. The van der Waals surface area contributed by atoms with Gasteiger partial charge in [-0.3, -0.25) is 10.1 Å². The van der Waals surface area contributed by atoms with Crippen molar-refractivity contribution < 1.29 is 24.6 Å². The van der Waals surface area contributed by atoms with Gasteiger partial charge in [-0.2, -0.15) is 0 Å². The van der Waals surface area contributed by atoms with Crippen molar-refractivity contribution in [3.63, 3.8) is 0 Å². The first-order valence-corrected chi connectivity index (χ1v) is 12.0. The van der Waals surface area contributed by atoms with E-state index in [1.165, 1.54) is 12.6 Å². The molecule has 0 unspecified atom stereocenters. The molecule has 38 heavy (non-hydrogen) atoms. The molecule has 1 fully saturated rings. The van der Waals surface area contributed by atoms with Crippen LogP contribution in [0, 0.1) is 0 Å². The van der Waals surface area contributed by atoms with Crippen LogP contribution in [0.4, 0.5) is 38.4 Å². The Hall–Kier alpha value is -4.65. The molecule has 1 saturated carbocycles. The van der Waals surface area contributed by atoms with Crippen molar-refractivity contribution >= 4 is 58.5 Å². The lowest BCUT2D eigenvalue weighted by atomic mass is 9.93. The van der Waals surface area contributed by atoms with E-state index in [1.807, 2.05) is 6.92 Å². The molecular weight excluding hydrogens is 516 g/mol. The quantitative estimate of drug-likeness (QED) is 0.207. The predicted molar refractivity (Wildman–Crippen MR) is 144 cm³/mol. The number of benzene rings is 1. The van der Waals surface area contributed by atoms with Crippen molar-refractivity contribution in [3.05, 3.63) is 59.5 Å². The Balaban J connectivity index is 0.000000934. The van der Waals surface area contributed by atoms with E-state index < -0.39 is 18.1 Å². The maximum Gasteiger partial charge on any atom is 0.503 e. The summed E-state index contributed by atoms with van der Waals surface area (Å²) in [6.07, 6.45) is 6.10. The molecule has 0 saturated heterocycles. The van der Waals surface area contributed by atoms with E-state index in [4.69, 9.17) is 26.6 Å². The third-order valence-corrected chi connectivity index (χ3v) is 5.45. The van der Waals surface area contributed by atoms with E-state index in [9.17, 15) is 9.59 Å². The zero-order chi connectivity index (χ0) is 27.5. The smallest absolute Gasteiger partial charge is 0.450 e. The van der Waals surface area contributed by atoms with Crippen LogP contribution in [0.1, 0.15) is 36.5 Å². The fraction of sp³-hybridized carbons (Fsp3) is 0.250. The standard InChI is InChI=1S/C23H25ClN8O2.CH2O3/c1-2-25-23(34)32-20-10-19(29-16-8-6-14(24)7-9-16)18(13-26-20)21(33)30-17-11-27-22(28-12-17)31-15-4-3-5-15;2-1(3)4/h6-13,15H,2-5H2,1H3,(H,30,33)(H,27,28,31)(H3,25,26,29,32,34);(H2,2,3,4). The predicted octanol–water partition coefficient (Wildman–Crippen LogP) is 4.85. The van der Waals surface area contributed by atoms with Gasteiger partial charge in [0, 0.05) is 35.6 Å². The second-order valence-corrected chi connectivity index (χ2v) is 8.47. The van der Waals surface area contributed by atoms with Gasteiger partial charge < -0.3 is 31.5 Å². The topological polar surface area (TPSA) is 190 Å². The monoisotopic (exact) mass is 542 g/mol. The lowest BCUT2D eigenvalue weighted by Crippen LogP contribution is -2.28. The number of hydrogen-bond acceptors (Lipinski definition) is 8. The van der Waals surface area contributed by atoms with Gasteiger partial charge in [0.05, 0.1) is 29.3 Å². The highest BCUT2D eigenvalue weighted by atomic mass is 35.5. The number of carboxylic acid groups (broad SMARTS) is 2. The third-order valence-electron chi connectivity index (χ3n) is 5.20. The van der Waals surface area contributed by atoms with Gasteiger partial charge in [0.25, 0.3) is 5.91 Å². The fourth-order valence-corrected chi connectivity index (χ4v) is 3.34. The molecule has 0 radical (unpaired) electrons. The molecular formula is C24H27ClN8O5. The van der Waals surface area contributed by atoms with E-state index in [2.05, 4.69) is 41.5 Å². The number of amides is 3. The number of hydrogen-bond donors (Lipinski definition) is 7. The Morgan fingerprint density at radius 2 is 1.63 bits per heavy atom. The van der Waals surface area contributed by atoms with Crippen LogP contribution < -0.4 is 26.6 Å². The summed E-state index contributed by atoms with van der Waals surface area (Å²) in [7, 11) is 0. The summed E-state index contributed by atoms with van der Waals surface area (Å²) in [6.45, 7) is 2.28. The molecule has 1 aromatic carbocycles. The van der Waals surface area contributed by atoms with Gasteiger partial charge >= 0.3 is 12.2 Å². The number of nitrogens with one attached hydrogen (secondary N) is 5. The van der Waals surface area contributed by atoms with Gasteiger partial charge in [-0.05, 0) is 50.5 Å². The number of carbonyl (C=O) groups is 3. The lowest BCUT2D eigenvalue weighted by molar-refractivity contribution is 0.102. The van der Waals surface area contributed by atoms with Gasteiger partial charge in [-0.25, -0.2) is 24.5 Å². The molecule has 0 atom stereocenters. The average molecular weight is 543 g/mol. The largest absolute Gasteiger partial charge is 0.503 e. The Labute approximate surface area is 223 Å². The van der Waals surface area contributed by atoms with Crippen molar-refractivity contribution in [1.82, 2.24) is 20.3 Å². The van der Waals surface area contributed by atoms with E-state index >= 15 is 0 Å². The van der Waals surface area contributed by atoms with E-state index in [0.717, 1.165) is 12.8 Å². The van der Waals surface area contributed by atoms with E-state index in [-0.39, 0.29) is 11.4 Å². The van der Waals surface area contributed by atoms with Crippen LogP contribution in [0.25, 0.3) is 0 Å². The molecule has 0 bridgehead atoms. The van der Waals surface area contributed by atoms with Crippen LogP contribution in [0.5, 0.6) is 0 Å². The van der Waals surface area contributed by atoms with Crippen molar-refractivity contribution in [2.45, 2.75) is 32.2 Å². The molecule has 3 aromatic rings. The van der Waals surface area contributed by atoms with Crippen LogP contribution in [0.3, 0.4) is 0 Å². The normalized spacial score (nSPS) is 12.2. The number of anilines is 5.